The minimum atomic E-state index is -0.717. The van der Waals surface area contributed by atoms with E-state index in [9.17, 15) is 14.7 Å². The number of benzene rings is 4. The second-order valence-electron chi connectivity index (χ2n) is 11.9. The van der Waals surface area contributed by atoms with Crippen molar-refractivity contribution < 1.29 is 19.4 Å². The van der Waals surface area contributed by atoms with Gasteiger partial charge in [0, 0.05) is 72.2 Å². The number of phenols is 1. The third kappa shape index (κ3) is 8.45. The molecule has 0 bridgehead atoms. The van der Waals surface area contributed by atoms with Gasteiger partial charge in [0.1, 0.15) is 11.5 Å². The van der Waals surface area contributed by atoms with Gasteiger partial charge in [-0.25, -0.2) is 9.78 Å². The highest BCUT2D eigenvalue weighted by atomic mass is 35.5. The Balaban J connectivity index is 1.44. The molecule has 1 aromatic heterocycles. The van der Waals surface area contributed by atoms with Gasteiger partial charge in [-0.3, -0.25) is 10.1 Å². The largest absolute Gasteiger partial charge is 0.508 e. The van der Waals surface area contributed by atoms with E-state index in [0.717, 1.165) is 27.5 Å². The molecule has 0 aliphatic rings. The first-order chi connectivity index (χ1) is 23.6. The number of nitrogens with one attached hydrogen (secondary N) is 3. The van der Waals surface area contributed by atoms with Gasteiger partial charge in [0.2, 0.25) is 0 Å². The summed E-state index contributed by atoms with van der Waals surface area (Å²) in [6.07, 6.45) is -0.717. The van der Waals surface area contributed by atoms with E-state index in [1.165, 1.54) is 6.07 Å². The van der Waals surface area contributed by atoms with Crippen molar-refractivity contribution in [3.05, 3.63) is 89.5 Å². The number of pyridine rings is 1. The van der Waals surface area contributed by atoms with Crippen molar-refractivity contribution in [2.45, 2.75) is 13.8 Å². The summed E-state index contributed by atoms with van der Waals surface area (Å²) >= 11 is 11.9. The Morgan fingerprint density at radius 2 is 1.51 bits per heavy atom. The first-order valence-electron chi connectivity index (χ1n) is 15.9. The molecule has 0 unspecified atom stereocenters. The zero-order chi connectivity index (χ0) is 35.1. The third-order valence-corrected chi connectivity index (χ3v) is 8.47. The van der Waals surface area contributed by atoms with Crippen molar-refractivity contribution in [1.29, 1.82) is 0 Å². The zero-order valence-corrected chi connectivity index (χ0v) is 29.5. The number of amides is 2. The summed E-state index contributed by atoms with van der Waals surface area (Å²) in [6.45, 7) is 6.28. The summed E-state index contributed by atoms with van der Waals surface area (Å²) in [7, 11) is 3.90. The fourth-order valence-corrected chi connectivity index (χ4v) is 5.98. The first-order valence-corrected chi connectivity index (χ1v) is 17.0. The van der Waals surface area contributed by atoms with Crippen molar-refractivity contribution in [2.24, 2.45) is 0 Å². The van der Waals surface area contributed by atoms with E-state index in [-0.39, 0.29) is 11.7 Å². The van der Waals surface area contributed by atoms with Gasteiger partial charge in [-0.05, 0) is 69.4 Å². The van der Waals surface area contributed by atoms with Crippen LogP contribution < -0.4 is 25.6 Å². The molecule has 49 heavy (non-hydrogen) atoms. The lowest BCUT2D eigenvalue weighted by molar-refractivity contribution is 0.0952. The maximum absolute atomic E-state index is 13.3. The van der Waals surface area contributed by atoms with Gasteiger partial charge in [-0.15, -0.1) is 23.2 Å². The van der Waals surface area contributed by atoms with E-state index in [1.54, 1.807) is 24.3 Å². The number of nitrogens with zero attached hydrogens (tertiary/aromatic N) is 3. The topological polar surface area (TPSA) is 119 Å². The summed E-state index contributed by atoms with van der Waals surface area (Å²) in [6, 6.07) is 21.5. The van der Waals surface area contributed by atoms with Crippen LogP contribution in [0, 0.1) is 13.8 Å². The monoisotopic (exact) mass is 702 g/mol. The molecule has 0 aliphatic heterocycles. The lowest BCUT2D eigenvalue weighted by Crippen LogP contribution is -2.31. The van der Waals surface area contributed by atoms with Crippen LogP contribution in [0.5, 0.6) is 11.5 Å². The number of alkyl halides is 2. The number of hydrogen-bond donors (Lipinski definition) is 4. The summed E-state index contributed by atoms with van der Waals surface area (Å²) < 4.78 is 5.56. The van der Waals surface area contributed by atoms with Crippen LogP contribution in [0.25, 0.3) is 21.8 Å². The fraction of sp³-hybridized carbons (Fsp3) is 0.270. The number of halogens is 2. The van der Waals surface area contributed by atoms with Crippen molar-refractivity contribution >= 4 is 79.8 Å². The predicted octanol–water partition coefficient (Wildman–Crippen LogP) is 7.64. The number of aromatic nitrogens is 1. The molecule has 12 heteroatoms. The highest BCUT2D eigenvalue weighted by molar-refractivity contribution is 6.19. The molecule has 10 nitrogen and oxygen atoms in total. The molecule has 1 heterocycles. The molecule has 4 N–H and O–H groups in total. The number of carbonyl (C=O) groups excluding carboxylic acids is 2. The van der Waals surface area contributed by atoms with E-state index in [4.69, 9.17) is 32.9 Å². The molecule has 5 rings (SSSR count). The van der Waals surface area contributed by atoms with Crippen LogP contribution >= 0.6 is 23.2 Å². The zero-order valence-electron chi connectivity index (χ0n) is 27.9. The molecule has 0 radical (unpaired) electrons. The molecule has 5 aromatic rings. The van der Waals surface area contributed by atoms with Gasteiger partial charge in [-0.1, -0.05) is 30.3 Å². The summed E-state index contributed by atoms with van der Waals surface area (Å²) in [4.78, 5) is 35.3. The molecular formula is C37H40Cl2N6O4. The number of anilines is 4. The predicted molar refractivity (Wildman–Crippen MR) is 201 cm³/mol. The summed E-state index contributed by atoms with van der Waals surface area (Å²) in [5.74, 6) is 0.989. The molecule has 2 amide bonds. The second kappa shape index (κ2) is 16.1. The summed E-state index contributed by atoms with van der Waals surface area (Å²) in [5, 5.41) is 21.6. The van der Waals surface area contributed by atoms with Crippen molar-refractivity contribution in [3.63, 3.8) is 0 Å². The van der Waals surface area contributed by atoms with Gasteiger partial charge >= 0.3 is 6.09 Å². The fourth-order valence-electron chi connectivity index (χ4n) is 5.57. The van der Waals surface area contributed by atoms with Gasteiger partial charge in [0.25, 0.3) is 5.91 Å². The number of rotatable bonds is 13. The van der Waals surface area contributed by atoms with Crippen molar-refractivity contribution in [2.75, 3.05) is 67.6 Å². The second-order valence-corrected chi connectivity index (χ2v) is 12.6. The lowest BCUT2D eigenvalue weighted by Gasteiger charge is -2.23. The number of para-hydroxylation sites is 2. The number of aryl methyl sites for hydroxylation is 1. The number of fused-ring (bicyclic) bond motifs is 2. The van der Waals surface area contributed by atoms with Crippen LogP contribution in [0.1, 0.15) is 21.5 Å². The van der Waals surface area contributed by atoms with Crippen molar-refractivity contribution in [3.8, 4) is 11.5 Å². The van der Waals surface area contributed by atoms with E-state index in [2.05, 4.69) is 16.0 Å². The molecular weight excluding hydrogens is 663 g/mol. The Labute approximate surface area is 296 Å². The number of likely N-dealkylation sites (N-methyl/N-ethyl adjacent to an activating group) is 1. The highest BCUT2D eigenvalue weighted by Crippen LogP contribution is 2.38. The van der Waals surface area contributed by atoms with Gasteiger partial charge < -0.3 is 30.3 Å². The summed E-state index contributed by atoms with van der Waals surface area (Å²) in [5.41, 5.74) is 5.89. The number of ether oxygens (including phenoxy) is 1. The minimum absolute atomic E-state index is 0.0637. The van der Waals surface area contributed by atoms with Crippen LogP contribution in [0.3, 0.4) is 0 Å². The Kier molecular flexibility index (Phi) is 11.7. The van der Waals surface area contributed by atoms with Gasteiger partial charge in [-0.2, -0.15) is 0 Å². The third-order valence-electron chi connectivity index (χ3n) is 8.14. The smallest absolute Gasteiger partial charge is 0.417 e. The van der Waals surface area contributed by atoms with Crippen LogP contribution in [0.4, 0.5) is 27.5 Å². The molecule has 0 atom stereocenters. The maximum atomic E-state index is 13.3. The Morgan fingerprint density at radius 3 is 2.18 bits per heavy atom. The normalized spacial score (nSPS) is 11.2. The molecule has 4 aromatic carbocycles. The van der Waals surface area contributed by atoms with Gasteiger partial charge in [0.05, 0.1) is 28.0 Å². The van der Waals surface area contributed by atoms with E-state index >= 15 is 0 Å². The van der Waals surface area contributed by atoms with E-state index in [1.807, 2.05) is 80.2 Å². The quantitative estimate of drug-likeness (QED) is 0.0730. The standard InChI is InChI=1S/C37H40Cl2N6O4/c1-23-7-5-8-28-33(23)43-35-29(9-6-10-30(35)36(47)40-17-20-44(3)4)34(28)41-31-21-26(46)22-32(24(31)2)42-37(48)49-27-13-11-25(12-14-27)45(18-15-38)19-16-39/h5-14,21-22,46H,15-20H2,1-4H3,(H,40,47)(H,41,43)(H,42,48). The van der Waals surface area contributed by atoms with Crippen LogP contribution in [0.15, 0.2) is 72.8 Å². The minimum Gasteiger partial charge on any atom is -0.508 e. The van der Waals surface area contributed by atoms with Crippen LogP contribution in [-0.2, 0) is 0 Å². The lowest BCUT2D eigenvalue weighted by atomic mass is 10.0. The average molecular weight is 704 g/mol. The van der Waals surface area contributed by atoms with E-state index < -0.39 is 6.09 Å². The van der Waals surface area contributed by atoms with Crippen LogP contribution in [0.2, 0.25) is 0 Å². The van der Waals surface area contributed by atoms with Gasteiger partial charge in [0.15, 0.2) is 0 Å². The first kappa shape index (κ1) is 35.5. The Bertz CT molecular complexity index is 1960. The SMILES string of the molecule is Cc1c(NC(=O)Oc2ccc(N(CCCl)CCCl)cc2)cc(O)cc1Nc1c2cccc(C)c2nc2c(C(=O)NCCN(C)C)cccc12. The molecule has 0 spiro atoms. The average Bonchev–Trinajstić information content (AvgIpc) is 3.07. The Hall–Kier alpha value is -4.77. The number of carbonyl (C=O) groups is 2. The molecule has 256 valence electrons. The maximum Gasteiger partial charge on any atom is 0.417 e. The van der Waals surface area contributed by atoms with E-state index in [0.29, 0.717) is 77.4 Å². The van der Waals surface area contributed by atoms with Crippen LogP contribution in [-0.4, -0.2) is 79.0 Å². The Morgan fingerprint density at radius 1 is 0.857 bits per heavy atom. The molecule has 0 fully saturated rings. The number of phenolic OH excluding ortho intramolecular Hbond substituents is 1. The molecule has 0 aliphatic carbocycles. The molecule has 0 saturated carbocycles. The number of hydrogen-bond acceptors (Lipinski definition) is 8. The number of aromatic hydroxyl groups is 1. The van der Waals surface area contributed by atoms with Crippen molar-refractivity contribution in [1.82, 2.24) is 15.2 Å². The molecule has 0 saturated heterocycles. The highest BCUT2D eigenvalue weighted by Gasteiger charge is 2.19.